The van der Waals surface area contributed by atoms with Gasteiger partial charge in [0.15, 0.2) is 5.96 Å². The minimum Gasteiger partial charge on any atom is -0.357 e. The quantitative estimate of drug-likeness (QED) is 0.317. The Balaban J connectivity index is 1.96. The minimum absolute atomic E-state index is 0.0776. The third kappa shape index (κ3) is 7.40. The van der Waals surface area contributed by atoms with Gasteiger partial charge in [-0.1, -0.05) is 24.3 Å². The first kappa shape index (κ1) is 20.9. The Bertz CT molecular complexity index is 818. The molecule has 9 heteroatoms. The second-order valence-corrected chi connectivity index (χ2v) is 7.99. The van der Waals surface area contributed by atoms with Crippen molar-refractivity contribution in [2.24, 2.45) is 4.99 Å². The van der Waals surface area contributed by atoms with E-state index in [1.165, 1.54) is 0 Å². The highest BCUT2D eigenvalue weighted by Gasteiger charge is 2.06. The van der Waals surface area contributed by atoms with E-state index in [2.05, 4.69) is 37.6 Å². The molecule has 148 valence electrons. The maximum absolute atomic E-state index is 11.5. The van der Waals surface area contributed by atoms with E-state index < -0.39 is 10.0 Å². The second kappa shape index (κ2) is 10.7. The zero-order valence-electron chi connectivity index (χ0n) is 15.9. The highest BCUT2D eigenvalue weighted by atomic mass is 32.2. The highest BCUT2D eigenvalue weighted by molar-refractivity contribution is 7.89. The molecule has 0 aliphatic heterocycles. The van der Waals surface area contributed by atoms with Crippen LogP contribution in [-0.2, 0) is 23.1 Å². The van der Waals surface area contributed by atoms with E-state index in [0.717, 1.165) is 17.7 Å². The molecule has 1 aromatic carbocycles. The van der Waals surface area contributed by atoms with Crippen LogP contribution in [0.5, 0.6) is 0 Å². The van der Waals surface area contributed by atoms with E-state index in [1.807, 2.05) is 36.0 Å². The number of hydrogen-bond acceptors (Lipinski definition) is 4. The Labute approximate surface area is 161 Å². The topological polar surface area (TPSA) is 100 Å². The summed E-state index contributed by atoms with van der Waals surface area (Å²) in [5.41, 5.74) is 2.29. The maximum atomic E-state index is 11.5. The van der Waals surface area contributed by atoms with Crippen LogP contribution in [0.4, 0.5) is 0 Å². The van der Waals surface area contributed by atoms with Crippen LogP contribution in [0.2, 0.25) is 0 Å². The van der Waals surface area contributed by atoms with Gasteiger partial charge in [-0.15, -0.1) is 0 Å². The van der Waals surface area contributed by atoms with Crippen LogP contribution in [0.3, 0.4) is 0 Å². The van der Waals surface area contributed by atoms with Crippen molar-refractivity contribution in [3.63, 3.8) is 0 Å². The number of nitrogens with zero attached hydrogens (tertiary/aromatic N) is 3. The molecule has 2 aromatic rings. The van der Waals surface area contributed by atoms with Gasteiger partial charge in [-0.25, -0.2) is 18.1 Å². The van der Waals surface area contributed by atoms with Gasteiger partial charge in [0.2, 0.25) is 10.0 Å². The van der Waals surface area contributed by atoms with Crippen molar-refractivity contribution in [1.29, 1.82) is 0 Å². The van der Waals surface area contributed by atoms with Crippen LogP contribution in [0, 0.1) is 0 Å². The lowest BCUT2D eigenvalue weighted by atomic mass is 10.1. The van der Waals surface area contributed by atoms with Crippen molar-refractivity contribution in [3.8, 4) is 0 Å². The SMILES string of the molecule is CCNC(=NCc1ccccc1Cn1cccn1)NCCNS(=O)(=O)CC. The summed E-state index contributed by atoms with van der Waals surface area (Å²) >= 11 is 0. The summed E-state index contributed by atoms with van der Waals surface area (Å²) in [6, 6.07) is 10.0. The molecule has 2 rings (SSSR count). The zero-order valence-corrected chi connectivity index (χ0v) is 16.7. The van der Waals surface area contributed by atoms with Gasteiger partial charge < -0.3 is 10.6 Å². The van der Waals surface area contributed by atoms with E-state index in [4.69, 9.17) is 0 Å². The summed E-state index contributed by atoms with van der Waals surface area (Å²) < 4.78 is 27.3. The average Bonchev–Trinajstić information content (AvgIpc) is 3.17. The minimum atomic E-state index is -3.17. The number of aromatic nitrogens is 2. The lowest BCUT2D eigenvalue weighted by Gasteiger charge is -2.13. The predicted molar refractivity (Wildman–Crippen MR) is 108 cm³/mol. The molecule has 0 bridgehead atoms. The smallest absolute Gasteiger partial charge is 0.211 e. The molecule has 0 radical (unpaired) electrons. The molecule has 0 aliphatic carbocycles. The largest absolute Gasteiger partial charge is 0.357 e. The average molecular weight is 393 g/mol. The van der Waals surface area contributed by atoms with Crippen LogP contribution in [0.1, 0.15) is 25.0 Å². The molecule has 1 aromatic heterocycles. The number of aliphatic imine (C=N–C) groups is 1. The first-order valence-corrected chi connectivity index (χ1v) is 10.7. The van der Waals surface area contributed by atoms with Crippen molar-refractivity contribution in [3.05, 3.63) is 53.9 Å². The molecule has 0 amide bonds. The van der Waals surface area contributed by atoms with Crippen LogP contribution >= 0.6 is 0 Å². The van der Waals surface area contributed by atoms with Gasteiger partial charge in [-0.05, 0) is 31.0 Å². The fraction of sp³-hybridized carbons (Fsp3) is 0.444. The molecule has 8 nitrogen and oxygen atoms in total. The van der Waals surface area contributed by atoms with E-state index in [-0.39, 0.29) is 5.75 Å². The van der Waals surface area contributed by atoms with E-state index in [0.29, 0.717) is 32.1 Å². The molecule has 0 saturated carbocycles. The summed E-state index contributed by atoms with van der Waals surface area (Å²) in [6.45, 7) is 6.32. The predicted octanol–water partition coefficient (Wildman–Crippen LogP) is 0.926. The first-order valence-electron chi connectivity index (χ1n) is 9.07. The van der Waals surface area contributed by atoms with Crippen LogP contribution in [0.25, 0.3) is 0 Å². The fourth-order valence-electron chi connectivity index (χ4n) is 2.43. The number of benzene rings is 1. The monoisotopic (exact) mass is 392 g/mol. The van der Waals surface area contributed by atoms with E-state index in [9.17, 15) is 8.42 Å². The van der Waals surface area contributed by atoms with Gasteiger partial charge in [-0.3, -0.25) is 4.68 Å². The van der Waals surface area contributed by atoms with Crippen molar-refractivity contribution >= 4 is 16.0 Å². The number of sulfonamides is 1. The van der Waals surface area contributed by atoms with Gasteiger partial charge in [0.05, 0.1) is 18.8 Å². The maximum Gasteiger partial charge on any atom is 0.211 e. The third-order valence-electron chi connectivity index (χ3n) is 3.88. The number of rotatable bonds is 10. The summed E-state index contributed by atoms with van der Waals surface area (Å²) in [7, 11) is -3.17. The molecule has 3 N–H and O–H groups in total. The molecule has 0 atom stereocenters. The molecule has 1 heterocycles. The number of hydrogen-bond donors (Lipinski definition) is 3. The normalized spacial score (nSPS) is 12.1. The summed E-state index contributed by atoms with van der Waals surface area (Å²) in [4.78, 5) is 4.62. The van der Waals surface area contributed by atoms with Crippen LogP contribution < -0.4 is 15.4 Å². The lowest BCUT2D eigenvalue weighted by Crippen LogP contribution is -2.41. The van der Waals surface area contributed by atoms with Crippen LogP contribution in [0.15, 0.2) is 47.7 Å². The van der Waals surface area contributed by atoms with Gasteiger partial charge in [0, 0.05) is 32.0 Å². The molecule has 27 heavy (non-hydrogen) atoms. The van der Waals surface area contributed by atoms with Crippen LogP contribution in [-0.4, -0.2) is 49.5 Å². The van der Waals surface area contributed by atoms with E-state index >= 15 is 0 Å². The number of guanidine groups is 1. The Morgan fingerprint density at radius 3 is 2.56 bits per heavy atom. The van der Waals surface area contributed by atoms with Crippen molar-refractivity contribution < 1.29 is 8.42 Å². The third-order valence-corrected chi connectivity index (χ3v) is 5.29. The van der Waals surface area contributed by atoms with Crippen molar-refractivity contribution in [1.82, 2.24) is 25.1 Å². The van der Waals surface area contributed by atoms with Gasteiger partial charge in [0.25, 0.3) is 0 Å². The molecule has 0 spiro atoms. The van der Waals surface area contributed by atoms with Gasteiger partial charge in [-0.2, -0.15) is 5.10 Å². The Morgan fingerprint density at radius 1 is 1.11 bits per heavy atom. The molecule has 0 unspecified atom stereocenters. The van der Waals surface area contributed by atoms with Gasteiger partial charge >= 0.3 is 0 Å². The Hall–Kier alpha value is -2.39. The number of nitrogens with one attached hydrogen (secondary N) is 3. The second-order valence-electron chi connectivity index (χ2n) is 5.89. The molecule has 0 saturated heterocycles. The molecule has 0 fully saturated rings. The Kier molecular flexibility index (Phi) is 8.28. The van der Waals surface area contributed by atoms with Crippen molar-refractivity contribution in [2.75, 3.05) is 25.4 Å². The summed E-state index contributed by atoms with van der Waals surface area (Å²) in [5.74, 6) is 0.732. The summed E-state index contributed by atoms with van der Waals surface area (Å²) in [5, 5.41) is 10.6. The molecular weight excluding hydrogens is 364 g/mol. The van der Waals surface area contributed by atoms with E-state index in [1.54, 1.807) is 13.1 Å². The zero-order chi connectivity index (χ0) is 19.5. The first-order chi connectivity index (χ1) is 13.0. The fourth-order valence-corrected chi connectivity index (χ4v) is 3.05. The van der Waals surface area contributed by atoms with Gasteiger partial charge in [0.1, 0.15) is 0 Å². The summed E-state index contributed by atoms with van der Waals surface area (Å²) in [6.07, 6.45) is 3.70. The lowest BCUT2D eigenvalue weighted by molar-refractivity contribution is 0.582. The van der Waals surface area contributed by atoms with Crippen molar-refractivity contribution in [2.45, 2.75) is 26.9 Å². The standard InChI is InChI=1S/C18H28N6O2S/c1-3-19-18(20-11-12-23-27(25,26)4-2)21-14-16-8-5-6-9-17(16)15-24-13-7-10-22-24/h5-10,13,23H,3-4,11-12,14-15H2,1-2H3,(H2,19,20,21). The molecule has 0 aliphatic rings. The highest BCUT2D eigenvalue weighted by Crippen LogP contribution is 2.11. The molecular formula is C18H28N6O2S. The Morgan fingerprint density at radius 2 is 1.89 bits per heavy atom.